The molecule has 0 spiro atoms. The maximum Gasteiger partial charge on any atom is 0.225 e. The summed E-state index contributed by atoms with van der Waals surface area (Å²) in [5.74, 6) is 1.67. The molecule has 4 nitrogen and oxygen atoms in total. The Balaban J connectivity index is 2.03. The largest absolute Gasteiger partial charge is 0.325 e. The lowest BCUT2D eigenvalue weighted by Gasteiger charge is -2.12. The van der Waals surface area contributed by atoms with Gasteiger partial charge in [0.1, 0.15) is 0 Å². The van der Waals surface area contributed by atoms with Gasteiger partial charge in [0, 0.05) is 34.1 Å². The van der Waals surface area contributed by atoms with Crippen molar-refractivity contribution in [2.75, 3.05) is 22.1 Å². The van der Waals surface area contributed by atoms with Gasteiger partial charge < -0.3 is 10.6 Å². The molecule has 1 aromatic carbocycles. The SMILES string of the molecule is O=C1CCSc2cc3c(cc2N1)NC(=O)CCS3. The summed E-state index contributed by atoms with van der Waals surface area (Å²) in [5.41, 5.74) is 1.62. The van der Waals surface area contributed by atoms with Gasteiger partial charge in [-0.05, 0) is 12.1 Å². The van der Waals surface area contributed by atoms with Crippen LogP contribution in [-0.4, -0.2) is 23.3 Å². The Labute approximate surface area is 113 Å². The van der Waals surface area contributed by atoms with Gasteiger partial charge in [-0.25, -0.2) is 0 Å². The molecule has 0 radical (unpaired) electrons. The number of carbonyl (C=O) groups excluding carboxylic acids is 2. The number of fused-ring (bicyclic) bond motifs is 2. The molecule has 0 unspecified atom stereocenters. The Kier molecular flexibility index (Phi) is 3.22. The van der Waals surface area contributed by atoms with E-state index in [9.17, 15) is 9.59 Å². The van der Waals surface area contributed by atoms with Crippen molar-refractivity contribution in [3.63, 3.8) is 0 Å². The lowest BCUT2D eigenvalue weighted by atomic mass is 10.2. The fourth-order valence-electron chi connectivity index (χ4n) is 1.93. The van der Waals surface area contributed by atoms with Crippen LogP contribution in [0.15, 0.2) is 21.9 Å². The first-order valence-electron chi connectivity index (χ1n) is 5.76. The highest BCUT2D eigenvalue weighted by Crippen LogP contribution is 2.40. The Hall–Kier alpha value is -1.14. The van der Waals surface area contributed by atoms with E-state index >= 15 is 0 Å². The first-order chi connectivity index (χ1) is 8.72. The van der Waals surface area contributed by atoms with E-state index in [0.29, 0.717) is 12.8 Å². The standard InChI is InChI=1S/C12H12N2O2S2/c15-11-1-3-17-9-6-10-8(5-7(9)13-11)14-12(16)2-4-18-10/h5-6H,1-4H2,(H,13,15)(H,14,16). The van der Waals surface area contributed by atoms with Gasteiger partial charge in [-0.1, -0.05) is 0 Å². The minimum Gasteiger partial charge on any atom is -0.325 e. The van der Waals surface area contributed by atoms with Crippen molar-refractivity contribution in [2.45, 2.75) is 22.6 Å². The zero-order chi connectivity index (χ0) is 12.5. The van der Waals surface area contributed by atoms with Crippen LogP contribution >= 0.6 is 23.5 Å². The Morgan fingerprint density at radius 1 is 0.833 bits per heavy atom. The molecule has 94 valence electrons. The minimum atomic E-state index is 0.0359. The first kappa shape index (κ1) is 11.9. The second-order valence-corrected chi connectivity index (χ2v) is 6.41. The van der Waals surface area contributed by atoms with Crippen LogP contribution < -0.4 is 10.6 Å². The molecule has 0 saturated carbocycles. The van der Waals surface area contributed by atoms with Crippen molar-refractivity contribution >= 4 is 46.7 Å². The summed E-state index contributed by atoms with van der Waals surface area (Å²) in [6.07, 6.45) is 1.06. The van der Waals surface area contributed by atoms with Gasteiger partial charge in [0.25, 0.3) is 0 Å². The van der Waals surface area contributed by atoms with Crippen LogP contribution in [0, 0.1) is 0 Å². The molecule has 0 aliphatic carbocycles. The van der Waals surface area contributed by atoms with Crippen LogP contribution in [-0.2, 0) is 9.59 Å². The molecule has 2 N–H and O–H groups in total. The molecule has 2 amide bonds. The maximum atomic E-state index is 11.5. The quantitative estimate of drug-likeness (QED) is 0.767. The first-order valence-corrected chi connectivity index (χ1v) is 7.73. The molecule has 3 rings (SSSR count). The minimum absolute atomic E-state index is 0.0359. The fourth-order valence-corrected chi connectivity index (χ4v) is 3.95. The molecule has 0 fully saturated rings. The highest BCUT2D eigenvalue weighted by Gasteiger charge is 2.19. The normalized spacial score (nSPS) is 18.9. The number of nitrogens with one attached hydrogen (secondary N) is 2. The van der Waals surface area contributed by atoms with Gasteiger partial charge in [-0.15, -0.1) is 23.5 Å². The van der Waals surface area contributed by atoms with E-state index < -0.39 is 0 Å². The predicted molar refractivity (Wildman–Crippen MR) is 74.4 cm³/mol. The van der Waals surface area contributed by atoms with E-state index in [1.54, 1.807) is 23.5 Å². The Morgan fingerprint density at radius 2 is 1.33 bits per heavy atom. The summed E-state index contributed by atoms with van der Waals surface area (Å²) in [7, 11) is 0. The Bertz CT molecular complexity index is 488. The van der Waals surface area contributed by atoms with Gasteiger partial charge in [0.05, 0.1) is 11.4 Å². The summed E-state index contributed by atoms with van der Waals surface area (Å²) >= 11 is 3.37. The summed E-state index contributed by atoms with van der Waals surface area (Å²) in [5, 5.41) is 5.77. The molecule has 6 heteroatoms. The molecule has 0 saturated heterocycles. The van der Waals surface area contributed by atoms with E-state index in [0.717, 1.165) is 32.7 Å². The third-order valence-corrected chi connectivity index (χ3v) is 4.92. The zero-order valence-corrected chi connectivity index (χ0v) is 11.2. The molecular formula is C12H12N2O2S2. The molecule has 0 aromatic heterocycles. The smallest absolute Gasteiger partial charge is 0.225 e. The lowest BCUT2D eigenvalue weighted by Crippen LogP contribution is -2.12. The summed E-state index contributed by atoms with van der Waals surface area (Å²) in [4.78, 5) is 25.2. The van der Waals surface area contributed by atoms with Gasteiger partial charge in [0.15, 0.2) is 0 Å². The molecule has 2 heterocycles. The van der Waals surface area contributed by atoms with Gasteiger partial charge in [0.2, 0.25) is 11.8 Å². The van der Waals surface area contributed by atoms with E-state index in [4.69, 9.17) is 0 Å². The highest BCUT2D eigenvalue weighted by molar-refractivity contribution is 8.00. The van der Waals surface area contributed by atoms with Crippen LogP contribution in [0.5, 0.6) is 0 Å². The van der Waals surface area contributed by atoms with E-state index in [-0.39, 0.29) is 11.8 Å². The summed E-state index contributed by atoms with van der Waals surface area (Å²) in [6, 6.07) is 3.94. The van der Waals surface area contributed by atoms with Crippen LogP contribution in [0.25, 0.3) is 0 Å². The van der Waals surface area contributed by atoms with Gasteiger partial charge in [-0.2, -0.15) is 0 Å². The average Bonchev–Trinajstić information content (AvgIpc) is 2.60. The van der Waals surface area contributed by atoms with Crippen molar-refractivity contribution < 1.29 is 9.59 Å². The lowest BCUT2D eigenvalue weighted by molar-refractivity contribution is -0.116. The molecule has 1 aromatic rings. The van der Waals surface area contributed by atoms with Crippen molar-refractivity contribution in [3.8, 4) is 0 Å². The number of carbonyl (C=O) groups is 2. The van der Waals surface area contributed by atoms with Gasteiger partial charge >= 0.3 is 0 Å². The topological polar surface area (TPSA) is 58.2 Å². The van der Waals surface area contributed by atoms with Crippen LogP contribution in [0.2, 0.25) is 0 Å². The van der Waals surface area contributed by atoms with Crippen molar-refractivity contribution in [2.24, 2.45) is 0 Å². The number of thioether (sulfide) groups is 2. The number of hydrogen-bond donors (Lipinski definition) is 2. The molecule has 2 aliphatic rings. The van der Waals surface area contributed by atoms with E-state index in [2.05, 4.69) is 16.7 Å². The van der Waals surface area contributed by atoms with Crippen molar-refractivity contribution in [1.29, 1.82) is 0 Å². The molecule has 0 atom stereocenters. The molecule has 2 aliphatic heterocycles. The predicted octanol–water partition coefficient (Wildman–Crippen LogP) is 2.56. The average molecular weight is 280 g/mol. The molecule has 18 heavy (non-hydrogen) atoms. The second kappa shape index (κ2) is 4.85. The van der Waals surface area contributed by atoms with Crippen LogP contribution in [0.1, 0.15) is 12.8 Å². The molecular weight excluding hydrogens is 268 g/mol. The second-order valence-electron chi connectivity index (χ2n) is 4.14. The molecule has 0 bridgehead atoms. The van der Waals surface area contributed by atoms with Crippen LogP contribution in [0.4, 0.5) is 11.4 Å². The maximum absolute atomic E-state index is 11.5. The van der Waals surface area contributed by atoms with Gasteiger partial charge in [-0.3, -0.25) is 9.59 Å². The van der Waals surface area contributed by atoms with E-state index in [1.807, 2.05) is 6.07 Å². The van der Waals surface area contributed by atoms with Crippen molar-refractivity contribution in [3.05, 3.63) is 12.1 Å². The number of benzene rings is 1. The van der Waals surface area contributed by atoms with Crippen molar-refractivity contribution in [1.82, 2.24) is 0 Å². The monoisotopic (exact) mass is 280 g/mol. The zero-order valence-electron chi connectivity index (χ0n) is 9.62. The number of anilines is 2. The summed E-state index contributed by atoms with van der Waals surface area (Å²) in [6.45, 7) is 0. The summed E-state index contributed by atoms with van der Waals surface area (Å²) < 4.78 is 0. The third-order valence-electron chi connectivity index (χ3n) is 2.80. The highest BCUT2D eigenvalue weighted by atomic mass is 32.2. The Morgan fingerprint density at radius 3 is 1.83 bits per heavy atom. The fraction of sp³-hybridized carbons (Fsp3) is 0.333. The van der Waals surface area contributed by atoms with E-state index in [1.165, 1.54) is 0 Å². The third kappa shape index (κ3) is 2.35. The number of rotatable bonds is 0. The number of amides is 2. The van der Waals surface area contributed by atoms with Crippen LogP contribution in [0.3, 0.4) is 0 Å². The number of hydrogen-bond acceptors (Lipinski definition) is 4.